The van der Waals surface area contributed by atoms with Crippen LogP contribution >= 0.6 is 0 Å². The maximum atomic E-state index is 12.4. The number of aromatic nitrogens is 4. The molecule has 1 aromatic heterocycles. The van der Waals surface area contributed by atoms with Gasteiger partial charge in [-0.1, -0.05) is 100 Å². The van der Waals surface area contributed by atoms with E-state index in [1.165, 1.54) is 51.4 Å². The van der Waals surface area contributed by atoms with Gasteiger partial charge in [-0.15, -0.1) is 10.2 Å². The van der Waals surface area contributed by atoms with E-state index >= 15 is 0 Å². The lowest BCUT2D eigenvalue weighted by atomic mass is 10.0. The number of nitrogens with zero attached hydrogens (tertiary/aromatic N) is 3. The first-order chi connectivity index (χ1) is 29.7. The van der Waals surface area contributed by atoms with Crippen molar-refractivity contribution in [1.82, 2.24) is 31.3 Å². The third-order valence-corrected chi connectivity index (χ3v) is 11.3. The first-order valence-corrected chi connectivity index (χ1v) is 23.8. The normalized spacial score (nSPS) is 11.4. The Kier molecular flexibility index (Phi) is 31.0. The van der Waals surface area contributed by atoms with E-state index in [0.29, 0.717) is 44.6 Å². The van der Waals surface area contributed by atoms with Crippen LogP contribution in [0.2, 0.25) is 0 Å². The Balaban J connectivity index is 1.28. The molecule has 1 heterocycles. The van der Waals surface area contributed by atoms with E-state index in [9.17, 15) is 32.4 Å². The minimum absolute atomic E-state index is 0.0391. The molecule has 0 saturated carbocycles. The van der Waals surface area contributed by atoms with E-state index in [4.69, 9.17) is 18.9 Å². The standard InChI is InChI=1S/C43H70N6O11S/c50-33-38-22-20-37(21-23-38)32-45-43(54)35-60-30-27-57-25-14-17-39(51)34-59-29-28-58-26-24-44-42(53)19-15-31-61(55,56)36-40(52)16-12-10-8-6-4-2-1-3-5-7-9-11-13-18-41-46-48-49-47-41/h20-23,33H,1-19,24-32,34-36H2,(H,44,53)(H,45,54)(H,46,47,48,49). The molecule has 17 nitrogen and oxygen atoms in total. The lowest BCUT2D eigenvalue weighted by Crippen LogP contribution is -2.28. The van der Waals surface area contributed by atoms with Gasteiger partial charge in [0, 0.05) is 50.9 Å². The van der Waals surface area contributed by atoms with Crippen LogP contribution in [0.4, 0.5) is 0 Å². The van der Waals surface area contributed by atoms with Crippen molar-refractivity contribution in [2.75, 3.05) is 70.9 Å². The molecule has 0 atom stereocenters. The predicted octanol–water partition coefficient (Wildman–Crippen LogP) is 4.63. The number of aldehydes is 1. The summed E-state index contributed by atoms with van der Waals surface area (Å²) in [5.41, 5.74) is 1.45. The van der Waals surface area contributed by atoms with Gasteiger partial charge in [0.25, 0.3) is 0 Å². The first kappa shape index (κ1) is 53.2. The summed E-state index contributed by atoms with van der Waals surface area (Å²) in [6, 6.07) is 6.91. The van der Waals surface area contributed by atoms with Gasteiger partial charge in [0.2, 0.25) is 11.8 Å². The summed E-state index contributed by atoms with van der Waals surface area (Å²) in [6.45, 7) is 2.08. The number of Topliss-reactive ketones (excluding diaryl/α,β-unsaturated/α-hetero) is 2. The second kappa shape index (κ2) is 35.6. The van der Waals surface area contributed by atoms with Crippen LogP contribution in [0.25, 0.3) is 0 Å². The molecular weight excluding hydrogens is 809 g/mol. The Morgan fingerprint density at radius 2 is 1.20 bits per heavy atom. The van der Waals surface area contributed by atoms with E-state index in [2.05, 4.69) is 31.3 Å². The number of rotatable bonds is 42. The molecule has 3 N–H and O–H groups in total. The number of H-pyrrole nitrogens is 1. The van der Waals surface area contributed by atoms with E-state index in [-0.39, 0.29) is 94.6 Å². The third-order valence-electron chi connectivity index (χ3n) is 9.64. The fourth-order valence-corrected chi connectivity index (χ4v) is 7.59. The smallest absolute Gasteiger partial charge is 0.246 e. The van der Waals surface area contributed by atoms with Crippen molar-refractivity contribution in [3.05, 3.63) is 41.2 Å². The van der Waals surface area contributed by atoms with Crippen LogP contribution in [0.1, 0.15) is 137 Å². The highest BCUT2D eigenvalue weighted by Crippen LogP contribution is 2.14. The van der Waals surface area contributed by atoms with Gasteiger partial charge in [-0.25, -0.2) is 8.42 Å². The van der Waals surface area contributed by atoms with Crippen LogP contribution in [-0.4, -0.2) is 130 Å². The van der Waals surface area contributed by atoms with Crippen LogP contribution in [0.15, 0.2) is 24.3 Å². The fourth-order valence-electron chi connectivity index (χ4n) is 6.23. The maximum Gasteiger partial charge on any atom is 0.246 e. The molecule has 0 radical (unpaired) electrons. The number of carbonyl (C=O) groups is 5. The molecule has 0 spiro atoms. The van der Waals surface area contributed by atoms with Crippen molar-refractivity contribution < 1.29 is 51.3 Å². The van der Waals surface area contributed by atoms with Gasteiger partial charge >= 0.3 is 0 Å². The Bertz CT molecular complexity index is 1580. The molecule has 344 valence electrons. The van der Waals surface area contributed by atoms with Crippen molar-refractivity contribution in [2.45, 2.75) is 129 Å². The van der Waals surface area contributed by atoms with Crippen molar-refractivity contribution >= 4 is 39.5 Å². The SMILES string of the molecule is O=Cc1ccc(CNC(=O)COCCOCCCC(=O)COCCOCCNC(=O)CCCS(=O)(=O)CC(=O)CCCCCCCCCCCCCCCc2nn[nH]n2)cc1. The van der Waals surface area contributed by atoms with Gasteiger partial charge in [-0.05, 0) is 31.2 Å². The van der Waals surface area contributed by atoms with E-state index < -0.39 is 15.6 Å². The van der Waals surface area contributed by atoms with E-state index in [1.54, 1.807) is 24.3 Å². The number of hydrogen-bond acceptors (Lipinski definition) is 14. The lowest BCUT2D eigenvalue weighted by molar-refractivity contribution is -0.127. The molecule has 0 bridgehead atoms. The summed E-state index contributed by atoms with van der Waals surface area (Å²) in [6.07, 6.45) is 17.8. The van der Waals surface area contributed by atoms with Crippen LogP contribution in [-0.2, 0) is 60.9 Å². The minimum Gasteiger partial charge on any atom is -0.379 e. The molecule has 0 aliphatic heterocycles. The number of aromatic amines is 1. The number of amides is 2. The molecule has 1 aromatic carbocycles. The topological polar surface area (TPSA) is 235 Å². The summed E-state index contributed by atoms with van der Waals surface area (Å²) >= 11 is 0. The van der Waals surface area contributed by atoms with Gasteiger partial charge in [-0.2, -0.15) is 5.21 Å². The zero-order chi connectivity index (χ0) is 44.1. The van der Waals surface area contributed by atoms with Gasteiger partial charge in [-0.3, -0.25) is 24.0 Å². The van der Waals surface area contributed by atoms with E-state index in [1.807, 2.05) is 0 Å². The molecule has 0 unspecified atom stereocenters. The quantitative estimate of drug-likeness (QED) is 0.0610. The number of carbonyl (C=O) groups excluding carboxylic acids is 5. The molecule has 0 saturated heterocycles. The van der Waals surface area contributed by atoms with Crippen LogP contribution in [0, 0.1) is 0 Å². The van der Waals surface area contributed by atoms with E-state index in [0.717, 1.165) is 49.8 Å². The van der Waals surface area contributed by atoms with Crippen LogP contribution in [0.5, 0.6) is 0 Å². The molecule has 2 rings (SSSR count). The van der Waals surface area contributed by atoms with Crippen molar-refractivity contribution in [2.24, 2.45) is 0 Å². The molecule has 2 amide bonds. The number of aryl methyl sites for hydroxylation is 1. The minimum atomic E-state index is -3.55. The average Bonchev–Trinajstić information content (AvgIpc) is 3.77. The molecular formula is C43H70N6O11S. The predicted molar refractivity (Wildman–Crippen MR) is 230 cm³/mol. The Morgan fingerprint density at radius 3 is 1.84 bits per heavy atom. The second-order valence-corrected chi connectivity index (χ2v) is 17.3. The number of unbranched alkanes of at least 4 members (excludes halogenated alkanes) is 12. The van der Waals surface area contributed by atoms with Gasteiger partial charge in [0.15, 0.2) is 21.4 Å². The Labute approximate surface area is 361 Å². The van der Waals surface area contributed by atoms with Crippen LogP contribution in [0.3, 0.4) is 0 Å². The molecule has 18 heteroatoms. The zero-order valence-corrected chi connectivity index (χ0v) is 36.9. The average molecular weight is 879 g/mol. The second-order valence-electron chi connectivity index (χ2n) is 15.1. The summed E-state index contributed by atoms with van der Waals surface area (Å²) in [4.78, 5) is 58.9. The van der Waals surface area contributed by atoms with Crippen molar-refractivity contribution in [1.29, 1.82) is 0 Å². The lowest BCUT2D eigenvalue weighted by Gasteiger charge is -2.08. The monoisotopic (exact) mass is 878 g/mol. The molecule has 0 aliphatic rings. The fraction of sp³-hybridized carbons (Fsp3) is 0.721. The highest BCUT2D eigenvalue weighted by Gasteiger charge is 2.17. The number of tetrazole rings is 1. The number of nitrogens with one attached hydrogen (secondary N) is 3. The molecule has 2 aromatic rings. The Hall–Kier alpha value is -3.97. The number of benzene rings is 1. The molecule has 61 heavy (non-hydrogen) atoms. The summed E-state index contributed by atoms with van der Waals surface area (Å²) in [5.74, 6) is -0.742. The van der Waals surface area contributed by atoms with Gasteiger partial charge in [0.05, 0.1) is 38.8 Å². The number of ether oxygens (including phenoxy) is 4. The van der Waals surface area contributed by atoms with Crippen molar-refractivity contribution in [3.63, 3.8) is 0 Å². The third kappa shape index (κ3) is 31.5. The Morgan fingerprint density at radius 1 is 0.607 bits per heavy atom. The van der Waals surface area contributed by atoms with Crippen LogP contribution < -0.4 is 10.6 Å². The number of ketones is 2. The molecule has 0 aliphatic carbocycles. The van der Waals surface area contributed by atoms with Crippen molar-refractivity contribution in [3.8, 4) is 0 Å². The first-order valence-electron chi connectivity index (χ1n) is 22.0. The van der Waals surface area contributed by atoms with Gasteiger partial charge in [0.1, 0.15) is 31.0 Å². The highest BCUT2D eigenvalue weighted by molar-refractivity contribution is 7.92. The van der Waals surface area contributed by atoms with Gasteiger partial charge < -0.3 is 29.6 Å². The summed E-state index contributed by atoms with van der Waals surface area (Å²) in [5, 5.41) is 19.4. The largest absolute Gasteiger partial charge is 0.379 e. The summed E-state index contributed by atoms with van der Waals surface area (Å²) < 4.78 is 46.3. The maximum absolute atomic E-state index is 12.4. The highest BCUT2D eigenvalue weighted by atomic mass is 32.2. The zero-order valence-electron chi connectivity index (χ0n) is 36.0. The summed E-state index contributed by atoms with van der Waals surface area (Å²) in [7, 11) is -3.55. The molecule has 0 fully saturated rings. The number of sulfone groups is 1. The number of hydrogen-bond donors (Lipinski definition) is 3.